The molecule has 0 fully saturated rings. The van der Waals surface area contributed by atoms with Crippen LogP contribution in [-0.4, -0.2) is 30.3 Å². The fourth-order valence-electron chi connectivity index (χ4n) is 2.95. The van der Waals surface area contributed by atoms with Crippen molar-refractivity contribution in [1.82, 2.24) is 4.90 Å². The Bertz CT molecular complexity index is 761. The zero-order valence-electron chi connectivity index (χ0n) is 17.0. The van der Waals surface area contributed by atoms with Gasteiger partial charge < -0.3 is 9.80 Å². The van der Waals surface area contributed by atoms with Crippen LogP contribution in [0, 0.1) is 0 Å². The van der Waals surface area contributed by atoms with Gasteiger partial charge in [0.25, 0.3) is 0 Å². The fourth-order valence-corrected chi connectivity index (χ4v) is 2.95. The van der Waals surface area contributed by atoms with E-state index in [2.05, 4.69) is 32.9 Å². The van der Waals surface area contributed by atoms with Gasteiger partial charge in [0.2, 0.25) is 11.8 Å². The zero-order chi connectivity index (χ0) is 20.0. The molecule has 0 radical (unpaired) electrons. The molecule has 0 aliphatic carbocycles. The molecule has 0 atom stereocenters. The van der Waals surface area contributed by atoms with Gasteiger partial charge >= 0.3 is 0 Å². The number of hydrogen-bond donors (Lipinski definition) is 0. The summed E-state index contributed by atoms with van der Waals surface area (Å²) in [6.45, 7) is 8.96. The first-order valence-corrected chi connectivity index (χ1v) is 9.35. The van der Waals surface area contributed by atoms with E-state index in [1.807, 2.05) is 42.5 Å². The standard InChI is InChI=1S/C23H30N2O2/c1-18(26)25(21-13-11-20(12-14-21)23(2,3)4)16-15-22(27)24(5)17-19-9-7-6-8-10-19/h6-14H,15-17H2,1-5H3. The van der Waals surface area contributed by atoms with Crippen molar-refractivity contribution in [3.63, 3.8) is 0 Å². The predicted molar refractivity (Wildman–Crippen MR) is 111 cm³/mol. The maximum Gasteiger partial charge on any atom is 0.224 e. The van der Waals surface area contributed by atoms with Gasteiger partial charge in [-0.15, -0.1) is 0 Å². The Labute approximate surface area is 162 Å². The smallest absolute Gasteiger partial charge is 0.224 e. The lowest BCUT2D eigenvalue weighted by atomic mass is 9.87. The highest BCUT2D eigenvalue weighted by Crippen LogP contribution is 2.25. The maximum atomic E-state index is 12.5. The molecule has 4 nitrogen and oxygen atoms in total. The highest BCUT2D eigenvalue weighted by molar-refractivity contribution is 5.92. The van der Waals surface area contributed by atoms with Crippen molar-refractivity contribution in [1.29, 1.82) is 0 Å². The van der Waals surface area contributed by atoms with Crippen LogP contribution in [-0.2, 0) is 21.5 Å². The van der Waals surface area contributed by atoms with E-state index in [1.54, 1.807) is 16.8 Å². The quantitative estimate of drug-likeness (QED) is 0.761. The molecule has 144 valence electrons. The Balaban J connectivity index is 1.99. The zero-order valence-corrected chi connectivity index (χ0v) is 17.0. The molecular formula is C23H30N2O2. The summed E-state index contributed by atoms with van der Waals surface area (Å²) in [7, 11) is 1.80. The molecule has 4 heteroatoms. The van der Waals surface area contributed by atoms with E-state index in [-0.39, 0.29) is 17.2 Å². The maximum absolute atomic E-state index is 12.5. The molecule has 2 aromatic rings. The van der Waals surface area contributed by atoms with E-state index in [1.165, 1.54) is 12.5 Å². The summed E-state index contributed by atoms with van der Waals surface area (Å²) >= 11 is 0. The minimum atomic E-state index is -0.0583. The summed E-state index contributed by atoms with van der Waals surface area (Å²) in [4.78, 5) is 28.0. The normalized spacial score (nSPS) is 11.1. The Morgan fingerprint density at radius 2 is 1.52 bits per heavy atom. The Morgan fingerprint density at radius 3 is 2.04 bits per heavy atom. The lowest BCUT2D eigenvalue weighted by Crippen LogP contribution is -2.34. The second kappa shape index (κ2) is 8.85. The molecule has 0 saturated carbocycles. The molecule has 0 heterocycles. The molecule has 2 rings (SSSR count). The van der Waals surface area contributed by atoms with Crippen molar-refractivity contribution >= 4 is 17.5 Å². The molecule has 27 heavy (non-hydrogen) atoms. The summed E-state index contributed by atoms with van der Waals surface area (Å²) in [6, 6.07) is 17.9. The largest absolute Gasteiger partial charge is 0.341 e. The molecule has 0 aliphatic heterocycles. The van der Waals surface area contributed by atoms with E-state index in [9.17, 15) is 9.59 Å². The molecule has 2 amide bonds. The van der Waals surface area contributed by atoms with Gasteiger partial charge in [0, 0.05) is 39.2 Å². The van der Waals surface area contributed by atoms with E-state index in [4.69, 9.17) is 0 Å². The fraction of sp³-hybridized carbons (Fsp3) is 0.391. The van der Waals surface area contributed by atoms with E-state index in [0.717, 1.165) is 11.3 Å². The summed E-state index contributed by atoms with van der Waals surface area (Å²) in [5, 5.41) is 0. The molecule has 0 aliphatic rings. The minimum Gasteiger partial charge on any atom is -0.341 e. The van der Waals surface area contributed by atoms with Gasteiger partial charge in [0.15, 0.2) is 0 Å². The number of anilines is 1. The van der Waals surface area contributed by atoms with Crippen LogP contribution < -0.4 is 4.90 Å². The lowest BCUT2D eigenvalue weighted by Gasteiger charge is -2.25. The number of carbonyl (C=O) groups is 2. The van der Waals surface area contributed by atoms with Gasteiger partial charge in [-0.3, -0.25) is 9.59 Å². The van der Waals surface area contributed by atoms with Crippen LogP contribution in [0.25, 0.3) is 0 Å². The van der Waals surface area contributed by atoms with Crippen molar-refractivity contribution in [2.45, 2.75) is 46.1 Å². The first-order valence-electron chi connectivity index (χ1n) is 9.35. The van der Waals surface area contributed by atoms with Crippen molar-refractivity contribution in [3.05, 3.63) is 65.7 Å². The number of amides is 2. The highest BCUT2D eigenvalue weighted by atomic mass is 16.2. The Morgan fingerprint density at radius 1 is 0.926 bits per heavy atom. The monoisotopic (exact) mass is 366 g/mol. The topological polar surface area (TPSA) is 40.6 Å². The molecule has 0 aromatic heterocycles. The van der Waals surface area contributed by atoms with Crippen LogP contribution in [0.5, 0.6) is 0 Å². The van der Waals surface area contributed by atoms with Crippen LogP contribution in [0.4, 0.5) is 5.69 Å². The van der Waals surface area contributed by atoms with Gasteiger partial charge in [-0.25, -0.2) is 0 Å². The third-order valence-electron chi connectivity index (χ3n) is 4.66. The van der Waals surface area contributed by atoms with E-state index in [0.29, 0.717) is 19.5 Å². The van der Waals surface area contributed by atoms with Gasteiger partial charge in [0.1, 0.15) is 0 Å². The van der Waals surface area contributed by atoms with Crippen molar-refractivity contribution in [2.24, 2.45) is 0 Å². The first-order chi connectivity index (χ1) is 12.7. The van der Waals surface area contributed by atoms with Crippen LogP contribution in [0.3, 0.4) is 0 Å². The third kappa shape index (κ3) is 5.95. The molecular weight excluding hydrogens is 336 g/mol. The number of hydrogen-bond acceptors (Lipinski definition) is 2. The molecule has 0 N–H and O–H groups in total. The Kier molecular flexibility index (Phi) is 6.78. The third-order valence-corrected chi connectivity index (χ3v) is 4.66. The number of benzene rings is 2. The molecule has 2 aromatic carbocycles. The second-order valence-corrected chi connectivity index (χ2v) is 7.95. The first kappa shape index (κ1) is 20.7. The average Bonchev–Trinajstić information content (AvgIpc) is 2.62. The second-order valence-electron chi connectivity index (χ2n) is 7.95. The Hall–Kier alpha value is -2.62. The summed E-state index contributed by atoms with van der Waals surface area (Å²) in [6.07, 6.45) is 0.296. The van der Waals surface area contributed by atoms with E-state index >= 15 is 0 Å². The van der Waals surface area contributed by atoms with Crippen LogP contribution in [0.1, 0.15) is 45.2 Å². The van der Waals surface area contributed by atoms with Crippen LogP contribution in [0.15, 0.2) is 54.6 Å². The highest BCUT2D eigenvalue weighted by Gasteiger charge is 2.18. The van der Waals surface area contributed by atoms with Gasteiger partial charge in [-0.2, -0.15) is 0 Å². The van der Waals surface area contributed by atoms with Crippen LogP contribution in [0.2, 0.25) is 0 Å². The number of nitrogens with zero attached hydrogens (tertiary/aromatic N) is 2. The van der Waals surface area contributed by atoms with Crippen molar-refractivity contribution in [3.8, 4) is 0 Å². The van der Waals surface area contributed by atoms with Crippen LogP contribution >= 0.6 is 0 Å². The molecule has 0 spiro atoms. The number of carbonyl (C=O) groups excluding carboxylic acids is 2. The van der Waals surface area contributed by atoms with Crippen molar-refractivity contribution < 1.29 is 9.59 Å². The average molecular weight is 367 g/mol. The van der Waals surface area contributed by atoms with Crippen molar-refractivity contribution in [2.75, 3.05) is 18.5 Å². The molecule has 0 saturated heterocycles. The van der Waals surface area contributed by atoms with Gasteiger partial charge in [-0.1, -0.05) is 63.2 Å². The lowest BCUT2D eigenvalue weighted by molar-refractivity contribution is -0.130. The molecule has 0 bridgehead atoms. The minimum absolute atomic E-state index is 0.0245. The van der Waals surface area contributed by atoms with Gasteiger partial charge in [-0.05, 0) is 28.7 Å². The van der Waals surface area contributed by atoms with Gasteiger partial charge in [0.05, 0.1) is 0 Å². The predicted octanol–water partition coefficient (Wildman–Crippen LogP) is 4.39. The van der Waals surface area contributed by atoms with E-state index < -0.39 is 0 Å². The number of rotatable bonds is 6. The summed E-state index contributed by atoms with van der Waals surface area (Å²) < 4.78 is 0. The SMILES string of the molecule is CC(=O)N(CCC(=O)N(C)Cc1ccccc1)c1ccc(C(C)(C)C)cc1. The summed E-state index contributed by atoms with van der Waals surface area (Å²) in [5.74, 6) is -0.0339. The molecule has 0 unspecified atom stereocenters. The summed E-state index contributed by atoms with van der Waals surface area (Å²) in [5.41, 5.74) is 3.20.